The van der Waals surface area contributed by atoms with Crippen LogP contribution in [0.3, 0.4) is 0 Å². The van der Waals surface area contributed by atoms with E-state index in [9.17, 15) is 4.79 Å². The van der Waals surface area contributed by atoms with Crippen LogP contribution in [0.25, 0.3) is 0 Å². The summed E-state index contributed by atoms with van der Waals surface area (Å²) in [6.45, 7) is 2.05. The summed E-state index contributed by atoms with van der Waals surface area (Å²) in [6.07, 6.45) is 0. The standard InChI is InChI=1S/C20H17AsOSe/c1-16-12-14-17(15-13-16)20(22)23-21(18-8-4-2-5-9-18)19-10-6-3-7-11-19/h2-15H,1H3. The summed E-state index contributed by atoms with van der Waals surface area (Å²) in [5.74, 6) is 0. The molecule has 114 valence electrons. The Morgan fingerprint density at radius 3 is 1.70 bits per heavy atom. The molecule has 0 heterocycles. The van der Waals surface area contributed by atoms with E-state index in [4.69, 9.17) is 0 Å². The summed E-state index contributed by atoms with van der Waals surface area (Å²) >= 11 is -1.60. The first-order valence-electron chi connectivity index (χ1n) is 7.43. The van der Waals surface area contributed by atoms with Crippen molar-refractivity contribution < 1.29 is 4.79 Å². The van der Waals surface area contributed by atoms with Crippen molar-refractivity contribution in [2.24, 2.45) is 0 Å². The Bertz CT molecular complexity index is 730. The molecule has 0 aliphatic carbocycles. The van der Waals surface area contributed by atoms with E-state index in [2.05, 4.69) is 48.5 Å². The van der Waals surface area contributed by atoms with Gasteiger partial charge < -0.3 is 0 Å². The molecule has 1 nitrogen and oxygen atoms in total. The van der Waals surface area contributed by atoms with Crippen molar-refractivity contribution >= 4 is 39.1 Å². The Morgan fingerprint density at radius 1 is 0.739 bits per heavy atom. The molecule has 0 bridgehead atoms. The molecule has 23 heavy (non-hydrogen) atoms. The van der Waals surface area contributed by atoms with E-state index < -0.39 is 12.8 Å². The molecule has 0 N–H and O–H groups in total. The average molecular weight is 427 g/mol. The van der Waals surface area contributed by atoms with Crippen molar-refractivity contribution in [3.63, 3.8) is 0 Å². The van der Waals surface area contributed by atoms with Gasteiger partial charge in [0.05, 0.1) is 0 Å². The second kappa shape index (κ2) is 7.79. The zero-order valence-electron chi connectivity index (χ0n) is 12.8. The summed E-state index contributed by atoms with van der Waals surface area (Å²) in [7, 11) is 0. The van der Waals surface area contributed by atoms with Gasteiger partial charge in [-0.2, -0.15) is 0 Å². The Kier molecular flexibility index (Phi) is 5.51. The first kappa shape index (κ1) is 16.3. The monoisotopic (exact) mass is 428 g/mol. The second-order valence-electron chi connectivity index (χ2n) is 5.21. The SMILES string of the molecule is Cc1ccc(C(=O)[Se][As](c2ccccc2)c2ccccc2)cc1. The summed E-state index contributed by atoms with van der Waals surface area (Å²) in [4.78, 5) is 12.8. The van der Waals surface area contributed by atoms with Crippen LogP contribution in [0, 0.1) is 6.92 Å². The van der Waals surface area contributed by atoms with Crippen LogP contribution >= 0.6 is 0 Å². The third-order valence-corrected chi connectivity index (χ3v) is 16.3. The van der Waals surface area contributed by atoms with Crippen molar-refractivity contribution in [3.05, 3.63) is 96.1 Å². The number of carbonyl (C=O) groups excluding carboxylic acids is 1. The second-order valence-corrected chi connectivity index (χ2v) is 15.7. The summed E-state index contributed by atoms with van der Waals surface area (Å²) in [5.41, 5.74) is 2.04. The molecule has 0 radical (unpaired) electrons. The quantitative estimate of drug-likeness (QED) is 0.573. The molecule has 3 aromatic carbocycles. The van der Waals surface area contributed by atoms with Crippen molar-refractivity contribution in [1.82, 2.24) is 0 Å². The predicted molar refractivity (Wildman–Crippen MR) is 99.2 cm³/mol. The summed E-state index contributed by atoms with van der Waals surface area (Å²) in [5, 5.41) is 0. The molecule has 0 saturated carbocycles. The molecular weight excluding hydrogens is 410 g/mol. The van der Waals surface area contributed by atoms with Gasteiger partial charge in [-0.25, -0.2) is 0 Å². The van der Waals surface area contributed by atoms with Crippen LogP contribution in [0.1, 0.15) is 15.9 Å². The Balaban J connectivity index is 1.90. The maximum atomic E-state index is 12.8. The van der Waals surface area contributed by atoms with Crippen molar-refractivity contribution in [2.45, 2.75) is 6.92 Å². The van der Waals surface area contributed by atoms with Gasteiger partial charge in [-0.15, -0.1) is 0 Å². The molecule has 0 aliphatic heterocycles. The molecular formula is C20H17AsOSe. The zero-order chi connectivity index (χ0) is 16.1. The molecule has 0 aliphatic rings. The Hall–Kier alpha value is -1.59. The number of rotatable bonds is 5. The van der Waals surface area contributed by atoms with Crippen LogP contribution in [-0.2, 0) is 0 Å². The first-order chi connectivity index (χ1) is 11.2. The van der Waals surface area contributed by atoms with Crippen LogP contribution < -0.4 is 8.70 Å². The fourth-order valence-electron chi connectivity index (χ4n) is 2.21. The first-order valence-corrected chi connectivity index (χ1v) is 14.9. The van der Waals surface area contributed by atoms with Gasteiger partial charge >= 0.3 is 147 Å². The number of hydrogen-bond donors (Lipinski definition) is 0. The van der Waals surface area contributed by atoms with Gasteiger partial charge in [0.15, 0.2) is 0 Å². The molecule has 3 rings (SSSR count). The maximum absolute atomic E-state index is 12.8. The topological polar surface area (TPSA) is 17.1 Å². The van der Waals surface area contributed by atoms with Crippen LogP contribution in [0.2, 0.25) is 0 Å². The number of hydrogen-bond acceptors (Lipinski definition) is 1. The molecule has 0 amide bonds. The number of aryl methyl sites for hydroxylation is 1. The van der Waals surface area contributed by atoms with Crippen molar-refractivity contribution in [1.29, 1.82) is 0 Å². The Labute approximate surface area is 146 Å². The number of benzene rings is 3. The molecule has 0 fully saturated rings. The molecule has 0 saturated heterocycles. The minimum absolute atomic E-state index is 0.0367. The van der Waals surface area contributed by atoms with Crippen LogP contribution in [0.5, 0.6) is 0 Å². The molecule has 0 aromatic heterocycles. The zero-order valence-corrected chi connectivity index (χ0v) is 16.4. The van der Waals surface area contributed by atoms with E-state index in [1.165, 1.54) is 14.3 Å². The molecule has 3 heteroatoms. The normalized spacial score (nSPS) is 10.7. The van der Waals surface area contributed by atoms with Gasteiger partial charge in [-0.3, -0.25) is 0 Å². The van der Waals surface area contributed by atoms with Crippen molar-refractivity contribution in [2.75, 3.05) is 0 Å². The van der Waals surface area contributed by atoms with Crippen molar-refractivity contribution in [3.8, 4) is 0 Å². The van der Waals surface area contributed by atoms with Gasteiger partial charge in [0.25, 0.3) is 0 Å². The molecule has 0 spiro atoms. The van der Waals surface area contributed by atoms with Gasteiger partial charge in [0, 0.05) is 0 Å². The molecule has 3 aromatic rings. The third kappa shape index (κ3) is 4.24. The fourth-order valence-corrected chi connectivity index (χ4v) is 13.9. The van der Waals surface area contributed by atoms with E-state index in [1.54, 1.807) is 0 Å². The van der Waals surface area contributed by atoms with E-state index >= 15 is 0 Å². The van der Waals surface area contributed by atoms with E-state index in [0.29, 0.717) is 4.68 Å². The van der Waals surface area contributed by atoms with E-state index in [0.717, 1.165) is 5.56 Å². The van der Waals surface area contributed by atoms with Crippen LogP contribution in [0.15, 0.2) is 84.9 Å². The van der Waals surface area contributed by atoms with E-state index in [1.807, 2.05) is 43.3 Å². The van der Waals surface area contributed by atoms with E-state index in [-0.39, 0.29) is 13.0 Å². The van der Waals surface area contributed by atoms with Gasteiger partial charge in [0.1, 0.15) is 0 Å². The summed E-state index contributed by atoms with van der Waals surface area (Å²) < 4.78 is 3.02. The number of carbonyl (C=O) groups is 1. The molecule has 0 atom stereocenters. The van der Waals surface area contributed by atoms with Gasteiger partial charge in [0.2, 0.25) is 0 Å². The van der Waals surface area contributed by atoms with Gasteiger partial charge in [-0.1, -0.05) is 0 Å². The fraction of sp³-hybridized carbons (Fsp3) is 0.0500. The third-order valence-electron chi connectivity index (χ3n) is 3.44. The van der Waals surface area contributed by atoms with Gasteiger partial charge in [-0.05, 0) is 0 Å². The Morgan fingerprint density at radius 2 is 1.22 bits per heavy atom. The summed E-state index contributed by atoms with van der Waals surface area (Å²) in [6, 6.07) is 29.0. The predicted octanol–water partition coefficient (Wildman–Crippen LogP) is 2.65. The van der Waals surface area contributed by atoms with Crippen LogP contribution in [-0.4, -0.2) is 30.4 Å². The average Bonchev–Trinajstić information content (AvgIpc) is 2.61. The minimum atomic E-state index is -1.56. The molecule has 0 unspecified atom stereocenters. The van der Waals surface area contributed by atoms with Crippen LogP contribution in [0.4, 0.5) is 0 Å².